The Morgan fingerprint density at radius 1 is 1.17 bits per heavy atom. The van der Waals surface area contributed by atoms with Gasteiger partial charge in [-0.25, -0.2) is 0 Å². The smallest absolute Gasteiger partial charge is 0.220 e. The molecule has 0 aromatic heterocycles. The Hall–Kier alpha value is -0.570. The minimum Gasteiger partial charge on any atom is -0.369 e. The summed E-state index contributed by atoms with van der Waals surface area (Å²) in [5, 5.41) is 3.83. The Kier molecular flexibility index (Phi) is 4.00. The molecule has 1 amide bonds. The van der Waals surface area contributed by atoms with Crippen LogP contribution < -0.4 is 11.1 Å². The summed E-state index contributed by atoms with van der Waals surface area (Å²) in [6, 6.07) is 1.26. The number of hydrogen-bond acceptors (Lipinski definition) is 2. The largest absolute Gasteiger partial charge is 0.369 e. The van der Waals surface area contributed by atoms with E-state index in [1.54, 1.807) is 0 Å². The van der Waals surface area contributed by atoms with E-state index in [4.69, 9.17) is 5.73 Å². The van der Waals surface area contributed by atoms with E-state index >= 15 is 0 Å². The molecule has 2 aliphatic rings. The molecule has 2 atom stereocenters. The topological polar surface area (TPSA) is 55.1 Å². The molecule has 2 saturated carbocycles. The van der Waals surface area contributed by atoms with Crippen LogP contribution in [0.5, 0.6) is 0 Å². The molecule has 2 rings (SSSR count). The predicted octanol–water partition coefficient (Wildman–Crippen LogP) is 2.44. The van der Waals surface area contributed by atoms with Crippen molar-refractivity contribution in [3.63, 3.8) is 0 Å². The summed E-state index contributed by atoms with van der Waals surface area (Å²) in [6.45, 7) is 7.10. The van der Waals surface area contributed by atoms with Crippen LogP contribution in [0, 0.1) is 17.3 Å². The van der Waals surface area contributed by atoms with Crippen molar-refractivity contribution in [3.05, 3.63) is 0 Å². The highest BCUT2D eigenvalue weighted by molar-refractivity contribution is 5.76. The average molecular weight is 252 g/mol. The van der Waals surface area contributed by atoms with Gasteiger partial charge in [0.2, 0.25) is 5.91 Å². The molecule has 104 valence electrons. The minimum atomic E-state index is -0.108. The molecule has 0 saturated heterocycles. The number of nitrogens with two attached hydrogens (primary N) is 1. The summed E-state index contributed by atoms with van der Waals surface area (Å²) < 4.78 is 0. The third-order valence-electron chi connectivity index (χ3n) is 4.91. The van der Waals surface area contributed by atoms with Crippen LogP contribution in [-0.4, -0.2) is 18.0 Å². The fourth-order valence-corrected chi connectivity index (χ4v) is 3.96. The van der Waals surface area contributed by atoms with Crippen LogP contribution in [0.25, 0.3) is 0 Å². The third kappa shape index (κ3) is 3.25. The molecule has 0 aromatic rings. The predicted molar refractivity (Wildman–Crippen MR) is 74.0 cm³/mol. The normalized spacial score (nSPS) is 39.7. The molecule has 0 radical (unpaired) electrons. The maximum absolute atomic E-state index is 11.1. The van der Waals surface area contributed by atoms with E-state index in [1.807, 2.05) is 0 Å². The molecule has 2 fully saturated rings. The van der Waals surface area contributed by atoms with Gasteiger partial charge in [-0.15, -0.1) is 0 Å². The molecule has 2 unspecified atom stereocenters. The first-order valence-corrected chi connectivity index (χ1v) is 7.43. The van der Waals surface area contributed by atoms with Gasteiger partial charge in [-0.1, -0.05) is 20.8 Å². The Balaban J connectivity index is 1.80. The average Bonchev–Trinajstić information content (AvgIpc) is 2.52. The fourth-order valence-electron chi connectivity index (χ4n) is 3.96. The Morgan fingerprint density at radius 2 is 1.78 bits per heavy atom. The highest BCUT2D eigenvalue weighted by Gasteiger charge is 2.38. The van der Waals surface area contributed by atoms with Crippen molar-refractivity contribution in [2.24, 2.45) is 23.0 Å². The number of carbonyl (C=O) groups excluding carboxylic acids is 1. The third-order valence-corrected chi connectivity index (χ3v) is 4.91. The van der Waals surface area contributed by atoms with Gasteiger partial charge in [0.05, 0.1) is 0 Å². The van der Waals surface area contributed by atoms with E-state index in [0.29, 0.717) is 17.5 Å². The van der Waals surface area contributed by atoms with Gasteiger partial charge in [0, 0.05) is 18.0 Å². The Morgan fingerprint density at radius 3 is 2.22 bits per heavy atom. The van der Waals surface area contributed by atoms with Gasteiger partial charge in [0.15, 0.2) is 0 Å². The molecule has 0 heterocycles. The van der Waals surface area contributed by atoms with Crippen LogP contribution in [-0.2, 0) is 4.79 Å². The van der Waals surface area contributed by atoms with Crippen molar-refractivity contribution in [3.8, 4) is 0 Å². The van der Waals surface area contributed by atoms with Gasteiger partial charge in [-0.05, 0) is 49.9 Å². The maximum Gasteiger partial charge on any atom is 0.220 e. The second-order valence-electron chi connectivity index (χ2n) is 7.27. The van der Waals surface area contributed by atoms with E-state index in [9.17, 15) is 4.79 Å². The molecule has 0 spiro atoms. The SMILES string of the molecule is CC1CC(C)(C)CC1NC1CCC(C(N)=O)CC1. The van der Waals surface area contributed by atoms with Gasteiger partial charge in [-0.3, -0.25) is 4.79 Å². The van der Waals surface area contributed by atoms with E-state index in [2.05, 4.69) is 26.1 Å². The summed E-state index contributed by atoms with van der Waals surface area (Å²) >= 11 is 0. The first kappa shape index (κ1) is 13.9. The zero-order valence-electron chi connectivity index (χ0n) is 12.0. The van der Waals surface area contributed by atoms with Crippen molar-refractivity contribution in [2.75, 3.05) is 0 Å². The molecule has 3 heteroatoms. The molecule has 18 heavy (non-hydrogen) atoms. The number of rotatable bonds is 3. The molecule has 2 aliphatic carbocycles. The highest BCUT2D eigenvalue weighted by atomic mass is 16.1. The van der Waals surface area contributed by atoms with E-state index < -0.39 is 0 Å². The lowest BCUT2D eigenvalue weighted by atomic mass is 9.85. The van der Waals surface area contributed by atoms with E-state index in [0.717, 1.165) is 31.6 Å². The number of amides is 1. The molecular weight excluding hydrogens is 224 g/mol. The molecular formula is C15H28N2O. The van der Waals surface area contributed by atoms with Crippen LogP contribution in [0.2, 0.25) is 0 Å². The van der Waals surface area contributed by atoms with Crippen LogP contribution >= 0.6 is 0 Å². The quantitative estimate of drug-likeness (QED) is 0.810. The van der Waals surface area contributed by atoms with Crippen LogP contribution in [0.4, 0.5) is 0 Å². The Labute approximate surface area is 111 Å². The fraction of sp³-hybridized carbons (Fsp3) is 0.933. The lowest BCUT2D eigenvalue weighted by molar-refractivity contribution is -0.122. The Bertz CT molecular complexity index is 306. The number of hydrogen-bond donors (Lipinski definition) is 2. The van der Waals surface area contributed by atoms with Gasteiger partial charge in [0.1, 0.15) is 0 Å². The molecule has 0 aromatic carbocycles. The summed E-state index contributed by atoms with van der Waals surface area (Å²) in [5.41, 5.74) is 5.86. The van der Waals surface area contributed by atoms with Crippen LogP contribution in [0.15, 0.2) is 0 Å². The lowest BCUT2D eigenvalue weighted by Crippen LogP contribution is -2.43. The van der Waals surface area contributed by atoms with Crippen molar-refractivity contribution < 1.29 is 4.79 Å². The zero-order chi connectivity index (χ0) is 13.3. The lowest BCUT2D eigenvalue weighted by Gasteiger charge is -2.31. The van der Waals surface area contributed by atoms with Crippen LogP contribution in [0.1, 0.15) is 59.3 Å². The summed E-state index contributed by atoms with van der Waals surface area (Å²) in [4.78, 5) is 11.1. The highest BCUT2D eigenvalue weighted by Crippen LogP contribution is 2.41. The maximum atomic E-state index is 11.1. The van der Waals surface area contributed by atoms with Gasteiger partial charge in [0.25, 0.3) is 0 Å². The summed E-state index contributed by atoms with van der Waals surface area (Å²) in [5.74, 6) is 0.790. The zero-order valence-corrected chi connectivity index (χ0v) is 12.0. The van der Waals surface area contributed by atoms with Gasteiger partial charge < -0.3 is 11.1 Å². The van der Waals surface area contributed by atoms with Gasteiger partial charge in [-0.2, -0.15) is 0 Å². The second kappa shape index (κ2) is 5.20. The van der Waals surface area contributed by atoms with E-state index in [1.165, 1.54) is 12.8 Å². The first-order valence-electron chi connectivity index (χ1n) is 7.43. The molecule has 0 aliphatic heterocycles. The molecule has 0 bridgehead atoms. The van der Waals surface area contributed by atoms with Crippen LogP contribution in [0.3, 0.4) is 0 Å². The monoisotopic (exact) mass is 252 g/mol. The number of carbonyl (C=O) groups is 1. The van der Waals surface area contributed by atoms with Crippen molar-refractivity contribution in [1.29, 1.82) is 0 Å². The standard InChI is InChI=1S/C15H28N2O/c1-10-8-15(2,3)9-13(10)17-12-6-4-11(5-7-12)14(16)18/h10-13,17H,4-9H2,1-3H3,(H2,16,18). The second-order valence-corrected chi connectivity index (χ2v) is 7.27. The molecule has 3 nitrogen and oxygen atoms in total. The van der Waals surface area contributed by atoms with Crippen molar-refractivity contribution in [1.82, 2.24) is 5.32 Å². The number of nitrogens with one attached hydrogen (secondary N) is 1. The van der Waals surface area contributed by atoms with E-state index in [-0.39, 0.29) is 11.8 Å². The first-order chi connectivity index (χ1) is 8.37. The van der Waals surface area contributed by atoms with Gasteiger partial charge >= 0.3 is 0 Å². The van der Waals surface area contributed by atoms with Crippen molar-refractivity contribution >= 4 is 5.91 Å². The number of primary amides is 1. The molecule has 3 N–H and O–H groups in total. The summed E-state index contributed by atoms with van der Waals surface area (Å²) in [6.07, 6.45) is 6.76. The minimum absolute atomic E-state index is 0.108. The summed E-state index contributed by atoms with van der Waals surface area (Å²) in [7, 11) is 0. The van der Waals surface area contributed by atoms with Crippen molar-refractivity contribution in [2.45, 2.75) is 71.4 Å².